The van der Waals surface area contributed by atoms with Crippen LogP contribution in [0.5, 0.6) is 34.5 Å². The van der Waals surface area contributed by atoms with Gasteiger partial charge in [-0.3, -0.25) is 0 Å². The van der Waals surface area contributed by atoms with Crippen molar-refractivity contribution >= 4 is 27.8 Å². The molecule has 4 nitrogen and oxygen atoms in total. The van der Waals surface area contributed by atoms with Gasteiger partial charge in [0.15, 0.2) is 23.0 Å². The fourth-order valence-electron chi connectivity index (χ4n) is 7.63. The van der Waals surface area contributed by atoms with E-state index in [4.69, 9.17) is 14.2 Å². The molecule has 7 aromatic rings. The van der Waals surface area contributed by atoms with Gasteiger partial charge in [-0.05, 0) is 87.8 Å². The molecule has 0 fully saturated rings. The largest absolute Gasteiger partial charge is 0.456 e. The van der Waals surface area contributed by atoms with Crippen molar-refractivity contribution in [3.05, 3.63) is 151 Å². The van der Waals surface area contributed by atoms with Crippen molar-refractivity contribution in [2.24, 2.45) is 0 Å². The molecule has 0 radical (unpaired) electrons. The Balaban J connectivity index is 1.15. The molecular formula is C43H29NO3. The molecule has 0 aromatic heterocycles. The normalized spacial score (nSPS) is 14.0. The van der Waals surface area contributed by atoms with Crippen LogP contribution in [-0.2, 0) is 5.41 Å². The molecule has 0 amide bonds. The van der Waals surface area contributed by atoms with E-state index in [0.717, 1.165) is 39.5 Å². The Morgan fingerprint density at radius 3 is 1.79 bits per heavy atom. The van der Waals surface area contributed by atoms with Crippen LogP contribution in [0.25, 0.3) is 33.0 Å². The lowest BCUT2D eigenvalue weighted by Gasteiger charge is -2.30. The van der Waals surface area contributed by atoms with Crippen molar-refractivity contribution in [1.29, 1.82) is 0 Å². The predicted octanol–water partition coefficient (Wildman–Crippen LogP) is 12.3. The molecule has 0 bridgehead atoms. The summed E-state index contributed by atoms with van der Waals surface area (Å²) in [6, 6.07) is 48.7. The average molecular weight is 608 g/mol. The van der Waals surface area contributed by atoms with E-state index in [9.17, 15) is 0 Å². The van der Waals surface area contributed by atoms with Crippen molar-refractivity contribution in [2.75, 3.05) is 4.90 Å². The van der Waals surface area contributed by atoms with E-state index < -0.39 is 0 Å². The number of rotatable bonds is 3. The predicted molar refractivity (Wildman–Crippen MR) is 188 cm³/mol. The Kier molecular flexibility index (Phi) is 5.31. The lowest BCUT2D eigenvalue weighted by Crippen LogP contribution is -2.16. The lowest BCUT2D eigenvalue weighted by molar-refractivity contribution is 0.360. The molecule has 47 heavy (non-hydrogen) atoms. The monoisotopic (exact) mass is 607 g/mol. The number of hydrogen-bond donors (Lipinski definition) is 0. The molecule has 0 atom stereocenters. The van der Waals surface area contributed by atoms with E-state index >= 15 is 0 Å². The summed E-state index contributed by atoms with van der Waals surface area (Å²) in [7, 11) is 0. The van der Waals surface area contributed by atoms with Gasteiger partial charge in [-0.1, -0.05) is 86.6 Å². The number of fused-ring (bicyclic) bond motifs is 7. The van der Waals surface area contributed by atoms with Crippen LogP contribution in [0.1, 0.15) is 25.0 Å². The molecule has 2 aliphatic heterocycles. The Bertz CT molecular complexity index is 2440. The van der Waals surface area contributed by atoms with Gasteiger partial charge in [0.05, 0.1) is 5.69 Å². The van der Waals surface area contributed by atoms with E-state index in [2.05, 4.69) is 128 Å². The van der Waals surface area contributed by atoms with Crippen molar-refractivity contribution in [3.63, 3.8) is 0 Å². The summed E-state index contributed by atoms with van der Waals surface area (Å²) in [4.78, 5) is 2.29. The Morgan fingerprint density at radius 2 is 0.957 bits per heavy atom. The van der Waals surface area contributed by atoms with Crippen LogP contribution in [0.3, 0.4) is 0 Å². The zero-order valence-corrected chi connectivity index (χ0v) is 26.0. The Morgan fingerprint density at radius 1 is 0.404 bits per heavy atom. The minimum absolute atomic E-state index is 0.133. The third kappa shape index (κ3) is 3.82. The maximum absolute atomic E-state index is 6.62. The van der Waals surface area contributed by atoms with Gasteiger partial charge >= 0.3 is 0 Å². The Hall–Kier alpha value is -6.00. The molecule has 0 saturated carbocycles. The molecular weight excluding hydrogens is 578 g/mol. The maximum atomic E-state index is 6.62. The molecule has 2 heterocycles. The molecule has 224 valence electrons. The second-order valence-corrected chi connectivity index (χ2v) is 13.0. The molecule has 0 unspecified atom stereocenters. The average Bonchev–Trinajstić information content (AvgIpc) is 3.33. The first-order chi connectivity index (χ1) is 23.0. The van der Waals surface area contributed by atoms with Crippen LogP contribution in [0.2, 0.25) is 0 Å². The first-order valence-electron chi connectivity index (χ1n) is 16.0. The van der Waals surface area contributed by atoms with Gasteiger partial charge in [0.2, 0.25) is 0 Å². The van der Waals surface area contributed by atoms with Crippen molar-refractivity contribution in [2.45, 2.75) is 19.3 Å². The zero-order valence-electron chi connectivity index (χ0n) is 26.0. The van der Waals surface area contributed by atoms with Crippen molar-refractivity contribution < 1.29 is 14.2 Å². The molecule has 0 spiro atoms. The number of para-hydroxylation sites is 2. The molecule has 1 aliphatic carbocycles. The van der Waals surface area contributed by atoms with E-state index in [1.165, 1.54) is 33.2 Å². The first-order valence-corrected chi connectivity index (χ1v) is 16.0. The van der Waals surface area contributed by atoms with Crippen LogP contribution >= 0.6 is 0 Å². The smallest absolute Gasteiger partial charge is 0.172 e. The van der Waals surface area contributed by atoms with Crippen LogP contribution in [0.4, 0.5) is 17.1 Å². The summed E-state index contributed by atoms with van der Waals surface area (Å²) < 4.78 is 19.2. The van der Waals surface area contributed by atoms with Gasteiger partial charge in [0.25, 0.3) is 0 Å². The van der Waals surface area contributed by atoms with Crippen LogP contribution in [-0.4, -0.2) is 0 Å². The molecule has 7 aromatic carbocycles. The summed E-state index contributed by atoms with van der Waals surface area (Å²) in [5.74, 6) is 4.50. The van der Waals surface area contributed by atoms with E-state index in [1.54, 1.807) is 0 Å². The quantitative estimate of drug-likeness (QED) is 0.200. The number of anilines is 3. The number of ether oxygens (including phenoxy) is 3. The van der Waals surface area contributed by atoms with Gasteiger partial charge in [0, 0.05) is 39.9 Å². The molecule has 10 rings (SSSR count). The van der Waals surface area contributed by atoms with Crippen molar-refractivity contribution in [1.82, 2.24) is 0 Å². The summed E-state index contributed by atoms with van der Waals surface area (Å²) in [6.45, 7) is 4.64. The highest BCUT2D eigenvalue weighted by atomic mass is 16.6. The van der Waals surface area contributed by atoms with E-state index in [0.29, 0.717) is 23.0 Å². The van der Waals surface area contributed by atoms with Crippen LogP contribution < -0.4 is 19.1 Å². The summed E-state index contributed by atoms with van der Waals surface area (Å²) >= 11 is 0. The minimum atomic E-state index is -0.133. The zero-order chi connectivity index (χ0) is 31.3. The van der Waals surface area contributed by atoms with Crippen molar-refractivity contribution in [3.8, 4) is 56.8 Å². The SMILES string of the molecule is CC1(C)c2ccccc2-c2ccc(N(c3ccc4c(c3)Oc3ccccc3O4)c3ccc4c(c3)Oc3cccc5cccc-4c35)cc21. The summed E-state index contributed by atoms with van der Waals surface area (Å²) in [5.41, 5.74) is 10.4. The number of nitrogens with zero attached hydrogens (tertiary/aromatic N) is 1. The number of hydrogen-bond acceptors (Lipinski definition) is 4. The van der Waals surface area contributed by atoms with Crippen LogP contribution in [0, 0.1) is 0 Å². The highest BCUT2D eigenvalue weighted by Gasteiger charge is 2.36. The van der Waals surface area contributed by atoms with Gasteiger partial charge in [-0.15, -0.1) is 0 Å². The van der Waals surface area contributed by atoms with Gasteiger partial charge < -0.3 is 19.1 Å². The van der Waals surface area contributed by atoms with Gasteiger partial charge in [-0.25, -0.2) is 0 Å². The summed E-state index contributed by atoms with van der Waals surface area (Å²) in [5, 5.41) is 2.33. The second-order valence-electron chi connectivity index (χ2n) is 13.0. The van der Waals surface area contributed by atoms with Gasteiger partial charge in [0.1, 0.15) is 11.5 Å². The van der Waals surface area contributed by atoms with E-state index in [1.807, 2.05) is 30.3 Å². The standard InChI is InChI=1S/C43H29NO3/c1-43(2)34-13-4-3-11-30(34)31-20-17-27(23-35(31)43)44(29-19-22-38-41(25-29)46-37-15-6-5-14-36(37)45-38)28-18-21-32-33-12-7-9-26-10-8-16-39(42(26)33)47-40(32)24-28/h3-25H,1-2H3. The summed E-state index contributed by atoms with van der Waals surface area (Å²) in [6.07, 6.45) is 0. The highest BCUT2D eigenvalue weighted by molar-refractivity contribution is 6.04. The fourth-order valence-corrected chi connectivity index (χ4v) is 7.63. The van der Waals surface area contributed by atoms with Gasteiger partial charge in [-0.2, -0.15) is 0 Å². The third-order valence-electron chi connectivity index (χ3n) is 9.90. The van der Waals surface area contributed by atoms with E-state index in [-0.39, 0.29) is 5.41 Å². The molecule has 0 saturated heterocycles. The minimum Gasteiger partial charge on any atom is -0.456 e. The Labute approximate surface area is 273 Å². The maximum Gasteiger partial charge on any atom is 0.172 e. The fraction of sp³-hybridized carbons (Fsp3) is 0.0698. The second kappa shape index (κ2) is 9.51. The molecule has 0 N–H and O–H groups in total. The topological polar surface area (TPSA) is 30.9 Å². The number of benzene rings is 7. The van der Waals surface area contributed by atoms with Crippen LogP contribution in [0.15, 0.2) is 140 Å². The molecule has 3 aliphatic rings. The first kappa shape index (κ1) is 26.2. The molecule has 4 heteroatoms. The lowest BCUT2D eigenvalue weighted by atomic mass is 9.82. The highest BCUT2D eigenvalue weighted by Crippen LogP contribution is 2.53. The third-order valence-corrected chi connectivity index (χ3v) is 9.90.